The Morgan fingerprint density at radius 2 is 2.75 bits per heavy atom. The zero-order valence-electron chi connectivity index (χ0n) is 6.77. The number of nitrogens with zero attached hydrogens (tertiary/aromatic N) is 3. The van der Waals surface area contributed by atoms with E-state index >= 15 is 0 Å². The van der Waals surface area contributed by atoms with E-state index in [1.807, 2.05) is 6.92 Å². The van der Waals surface area contributed by atoms with E-state index in [4.69, 9.17) is 10.00 Å². The molecule has 0 bridgehead atoms. The van der Waals surface area contributed by atoms with Crippen molar-refractivity contribution in [1.82, 2.24) is 0 Å². The van der Waals surface area contributed by atoms with Gasteiger partial charge in [0.05, 0.1) is 12.7 Å². The Labute approximate surface area is 73.1 Å². The van der Waals surface area contributed by atoms with Crippen LogP contribution in [0.25, 0.3) is 0 Å². The molecular weight excluding hydrogens is 173 g/mol. The maximum Gasteiger partial charge on any atom is 0.170 e. The molecule has 0 amide bonds. The summed E-state index contributed by atoms with van der Waals surface area (Å²) in [4.78, 5) is 8.05. The van der Waals surface area contributed by atoms with E-state index in [1.54, 1.807) is 5.96 Å². The molecule has 0 aromatic heterocycles. The highest BCUT2D eigenvalue weighted by Crippen LogP contribution is 2.28. The van der Waals surface area contributed by atoms with E-state index in [0.29, 0.717) is 15.2 Å². The van der Waals surface area contributed by atoms with E-state index in [9.17, 15) is 0 Å². The van der Waals surface area contributed by atoms with Gasteiger partial charge in [-0.15, -0.1) is 0 Å². The molecule has 0 aromatic carbocycles. The topological polar surface area (TPSA) is 57.7 Å². The van der Waals surface area contributed by atoms with E-state index in [-0.39, 0.29) is 11.8 Å². The number of ether oxygens (including phenoxy) is 1. The van der Waals surface area contributed by atoms with Gasteiger partial charge < -0.3 is 4.74 Å². The maximum atomic E-state index is 8.62. The van der Waals surface area contributed by atoms with Gasteiger partial charge in [-0.2, -0.15) is 5.26 Å². The molecule has 3 atom stereocenters. The Balaban J connectivity index is 2.39. The normalized spacial score (nSPS) is 29.7. The fraction of sp³-hybridized carbons (Fsp3) is 0.571. The number of hydrogen-bond acceptors (Lipinski definition) is 4. The summed E-state index contributed by atoms with van der Waals surface area (Å²) in [6.07, 6.45) is 1.41. The second-order valence-corrected chi connectivity index (χ2v) is 3.36. The minimum Gasteiger partial charge on any atom is -0.484 e. The van der Waals surface area contributed by atoms with Gasteiger partial charge in [-0.25, -0.2) is 4.99 Å². The SMILES string of the molecule is CCO/C=N/C1PC=NC1C#N. The second kappa shape index (κ2) is 4.84. The zero-order chi connectivity index (χ0) is 8.81. The fourth-order valence-electron chi connectivity index (χ4n) is 0.784. The summed E-state index contributed by atoms with van der Waals surface area (Å²) in [7, 11) is 0.506. The summed E-state index contributed by atoms with van der Waals surface area (Å²) < 4.78 is 4.94. The van der Waals surface area contributed by atoms with Gasteiger partial charge >= 0.3 is 0 Å². The Bertz CT molecular complexity index is 233. The Morgan fingerprint density at radius 3 is 3.42 bits per heavy atom. The van der Waals surface area contributed by atoms with Crippen molar-refractivity contribution < 1.29 is 4.74 Å². The first-order valence-corrected chi connectivity index (χ1v) is 4.84. The summed E-state index contributed by atoms with van der Waals surface area (Å²) in [6.45, 7) is 2.50. The highest BCUT2D eigenvalue weighted by atomic mass is 31.1. The molecule has 1 aliphatic heterocycles. The predicted molar refractivity (Wildman–Crippen MR) is 50.1 cm³/mol. The number of aliphatic imine (C=N–C) groups is 2. The van der Waals surface area contributed by atoms with Gasteiger partial charge in [0.25, 0.3) is 0 Å². The van der Waals surface area contributed by atoms with Crippen molar-refractivity contribution in [2.75, 3.05) is 6.61 Å². The van der Waals surface area contributed by atoms with E-state index in [2.05, 4.69) is 16.1 Å². The lowest BCUT2D eigenvalue weighted by Crippen LogP contribution is -2.12. The average molecular weight is 183 g/mol. The zero-order valence-corrected chi connectivity index (χ0v) is 7.77. The summed E-state index contributed by atoms with van der Waals surface area (Å²) >= 11 is 0. The molecule has 4 nitrogen and oxygen atoms in total. The first kappa shape index (κ1) is 9.15. The van der Waals surface area contributed by atoms with Crippen molar-refractivity contribution in [3.05, 3.63) is 0 Å². The molecule has 0 fully saturated rings. The molecule has 0 spiro atoms. The van der Waals surface area contributed by atoms with Crippen LogP contribution in [0, 0.1) is 11.3 Å². The minimum atomic E-state index is -0.306. The Morgan fingerprint density at radius 1 is 1.92 bits per heavy atom. The molecule has 0 N–H and O–H groups in total. The molecule has 0 saturated heterocycles. The van der Waals surface area contributed by atoms with Gasteiger partial charge in [0, 0.05) is 5.96 Å². The van der Waals surface area contributed by atoms with Crippen LogP contribution in [0.15, 0.2) is 9.98 Å². The van der Waals surface area contributed by atoms with Crippen LogP contribution in [0.1, 0.15) is 6.92 Å². The molecule has 1 aliphatic rings. The summed E-state index contributed by atoms with van der Waals surface area (Å²) in [5.41, 5.74) is 0. The molecule has 0 aromatic rings. The van der Waals surface area contributed by atoms with Crippen LogP contribution in [0.3, 0.4) is 0 Å². The van der Waals surface area contributed by atoms with Crippen molar-refractivity contribution in [2.24, 2.45) is 9.98 Å². The van der Waals surface area contributed by atoms with E-state index < -0.39 is 0 Å². The average Bonchev–Trinajstić information content (AvgIpc) is 2.52. The van der Waals surface area contributed by atoms with Crippen LogP contribution in [0.4, 0.5) is 0 Å². The van der Waals surface area contributed by atoms with Crippen molar-refractivity contribution >= 4 is 20.9 Å². The van der Waals surface area contributed by atoms with Gasteiger partial charge in [-0.05, 0) is 15.5 Å². The van der Waals surface area contributed by atoms with Gasteiger partial charge in [-0.3, -0.25) is 4.99 Å². The molecule has 5 heteroatoms. The first-order valence-electron chi connectivity index (χ1n) is 3.69. The second-order valence-electron chi connectivity index (χ2n) is 2.17. The Hall–Kier alpha value is -0.940. The first-order chi connectivity index (χ1) is 5.88. The molecule has 64 valence electrons. The lowest BCUT2D eigenvalue weighted by atomic mass is 10.3. The van der Waals surface area contributed by atoms with Gasteiger partial charge in [0.1, 0.15) is 5.78 Å². The van der Waals surface area contributed by atoms with Crippen molar-refractivity contribution in [1.29, 1.82) is 5.26 Å². The molecular formula is C7H10N3OP. The number of rotatable bonds is 3. The highest BCUT2D eigenvalue weighted by Gasteiger charge is 2.22. The summed E-state index contributed by atoms with van der Waals surface area (Å²) in [6, 6.07) is 1.78. The van der Waals surface area contributed by atoms with Crippen LogP contribution in [0.5, 0.6) is 0 Å². The largest absolute Gasteiger partial charge is 0.484 e. The smallest absolute Gasteiger partial charge is 0.170 e. The van der Waals surface area contributed by atoms with Gasteiger partial charge in [0.2, 0.25) is 0 Å². The van der Waals surface area contributed by atoms with Gasteiger partial charge in [-0.1, -0.05) is 0 Å². The fourth-order valence-corrected chi connectivity index (χ4v) is 1.67. The molecule has 3 unspecified atom stereocenters. The third kappa shape index (κ3) is 2.28. The van der Waals surface area contributed by atoms with Crippen LogP contribution in [-0.2, 0) is 4.74 Å². The third-order valence-corrected chi connectivity index (χ3v) is 2.48. The maximum absolute atomic E-state index is 8.62. The van der Waals surface area contributed by atoms with Crippen LogP contribution >= 0.6 is 8.58 Å². The summed E-state index contributed by atoms with van der Waals surface area (Å²) in [5.74, 6) is 1.75. The van der Waals surface area contributed by atoms with Crippen molar-refractivity contribution in [2.45, 2.75) is 18.7 Å². The molecule has 0 aliphatic carbocycles. The lowest BCUT2D eigenvalue weighted by Gasteiger charge is -2.04. The quantitative estimate of drug-likeness (QED) is 0.372. The standard InChI is InChI=1S/C7H10N3OP/c1-2-11-4-9-7-6(3-8)10-5-12-7/h4-7,12H,2H2,1H3/b9-4+. The monoisotopic (exact) mass is 183 g/mol. The molecule has 0 saturated carbocycles. The number of nitriles is 1. The van der Waals surface area contributed by atoms with Crippen LogP contribution in [-0.4, -0.2) is 30.8 Å². The predicted octanol–water partition coefficient (Wildman–Crippen LogP) is 0.990. The number of hydrogen-bond donors (Lipinski definition) is 0. The highest BCUT2D eigenvalue weighted by molar-refractivity contribution is 7.56. The van der Waals surface area contributed by atoms with Gasteiger partial charge in [0.15, 0.2) is 12.4 Å². The van der Waals surface area contributed by atoms with Crippen molar-refractivity contribution in [3.8, 4) is 6.07 Å². The molecule has 0 radical (unpaired) electrons. The molecule has 1 rings (SSSR count). The molecule has 1 heterocycles. The Kier molecular flexibility index (Phi) is 3.69. The van der Waals surface area contributed by atoms with Crippen LogP contribution in [0.2, 0.25) is 0 Å². The third-order valence-electron chi connectivity index (χ3n) is 1.37. The molecule has 12 heavy (non-hydrogen) atoms. The van der Waals surface area contributed by atoms with Crippen molar-refractivity contribution in [3.63, 3.8) is 0 Å². The lowest BCUT2D eigenvalue weighted by molar-refractivity contribution is 0.341. The van der Waals surface area contributed by atoms with Crippen LogP contribution < -0.4 is 0 Å². The van der Waals surface area contributed by atoms with E-state index in [1.165, 1.54) is 6.40 Å². The van der Waals surface area contributed by atoms with E-state index in [0.717, 1.165) is 0 Å². The summed E-state index contributed by atoms with van der Waals surface area (Å²) in [5, 5.41) is 8.62. The minimum absolute atomic E-state index is 0.0125.